The number of benzene rings is 1. The highest BCUT2D eigenvalue weighted by molar-refractivity contribution is 6.50. The molecule has 220 valence electrons. The molecule has 10 heteroatoms. The molecule has 1 aromatic rings. The van der Waals surface area contributed by atoms with Crippen molar-refractivity contribution in [2.45, 2.75) is 83.2 Å². The predicted octanol–water partition coefficient (Wildman–Crippen LogP) is 4.32. The van der Waals surface area contributed by atoms with Crippen molar-refractivity contribution in [2.24, 2.45) is 5.92 Å². The van der Waals surface area contributed by atoms with Gasteiger partial charge in [-0.15, -0.1) is 0 Å². The van der Waals surface area contributed by atoms with Crippen LogP contribution in [0.5, 0.6) is 0 Å². The molecular formula is C31H39ClN4O5. The van der Waals surface area contributed by atoms with Gasteiger partial charge < -0.3 is 21.3 Å². The smallest absolute Gasteiger partial charge is 0.315 e. The van der Waals surface area contributed by atoms with Gasteiger partial charge >= 0.3 is 6.03 Å². The van der Waals surface area contributed by atoms with Crippen LogP contribution in [0.15, 0.2) is 46.5 Å². The number of nitrogens with one attached hydrogen (secondary N) is 4. The van der Waals surface area contributed by atoms with Crippen LogP contribution >= 0.6 is 11.6 Å². The fraction of sp³-hybridized carbons (Fsp3) is 0.516. The Bertz CT molecular complexity index is 1260. The van der Waals surface area contributed by atoms with E-state index < -0.39 is 5.78 Å². The van der Waals surface area contributed by atoms with Crippen molar-refractivity contribution < 1.29 is 24.0 Å². The molecule has 1 heterocycles. The van der Waals surface area contributed by atoms with E-state index in [9.17, 15) is 24.0 Å². The van der Waals surface area contributed by atoms with E-state index >= 15 is 0 Å². The Morgan fingerprint density at radius 1 is 0.902 bits per heavy atom. The summed E-state index contributed by atoms with van der Waals surface area (Å²) in [6, 6.07) is 6.97. The van der Waals surface area contributed by atoms with Gasteiger partial charge in [0.25, 0.3) is 0 Å². The summed E-state index contributed by atoms with van der Waals surface area (Å²) in [7, 11) is 0. The lowest BCUT2D eigenvalue weighted by Crippen LogP contribution is -2.33. The number of unbranched alkanes of at least 4 members (excludes halogenated alkanes) is 4. The number of rotatable bonds is 14. The topological polar surface area (TPSA) is 133 Å². The number of hydrogen-bond donors (Lipinski definition) is 4. The minimum atomic E-state index is -0.422. The molecule has 0 bridgehead atoms. The Morgan fingerprint density at radius 2 is 1.59 bits per heavy atom. The number of amides is 4. The summed E-state index contributed by atoms with van der Waals surface area (Å²) in [5.41, 5.74) is 0.896. The second-order valence-corrected chi connectivity index (χ2v) is 11.5. The molecule has 0 aromatic heterocycles. The second kappa shape index (κ2) is 14.4. The first-order valence-electron chi connectivity index (χ1n) is 14.6. The molecule has 9 nitrogen and oxygen atoms in total. The Morgan fingerprint density at radius 3 is 2.32 bits per heavy atom. The maximum Gasteiger partial charge on any atom is 0.315 e. The first-order chi connectivity index (χ1) is 19.8. The minimum Gasteiger partial charge on any atom is -0.356 e. The summed E-state index contributed by atoms with van der Waals surface area (Å²) in [4.78, 5) is 61.4. The van der Waals surface area contributed by atoms with Gasteiger partial charge in [0.05, 0.1) is 17.1 Å². The molecule has 2 unspecified atom stereocenters. The van der Waals surface area contributed by atoms with E-state index in [1.807, 2.05) is 0 Å². The number of carbonyl (C=O) groups is 5. The molecule has 3 atom stereocenters. The van der Waals surface area contributed by atoms with Gasteiger partial charge in [0.1, 0.15) is 0 Å². The SMILES string of the molecule is C/C(=C\C1=C(Cl)C(=O)c2ccccc2C1=O)C(=O)NCCCCCCNC(=O)CCCCC1CCC2NC(=O)N[C@H]12. The standard InChI is InChI=1S/C31H39ClN4O5/c1-19(18-23-26(32)29(39)22-12-6-5-11-21(22)28(23)38)30(40)34-17-9-3-2-8-16-33-25(37)13-7-4-10-20-14-15-24-27(20)36-31(41)35-24/h5-6,11-12,18,20,24,27H,2-4,7-10,13-17H2,1H3,(H,33,37)(H,34,40)(H2,35,36,41)/b19-18+/t20?,24?,27-/m1/s1. The van der Waals surface area contributed by atoms with Crippen molar-refractivity contribution in [3.8, 4) is 0 Å². The van der Waals surface area contributed by atoms with E-state index in [4.69, 9.17) is 11.6 Å². The first-order valence-corrected chi connectivity index (χ1v) is 15.0. The van der Waals surface area contributed by atoms with Crippen molar-refractivity contribution >= 4 is 41.0 Å². The number of fused-ring (bicyclic) bond motifs is 2. The van der Waals surface area contributed by atoms with E-state index in [1.54, 1.807) is 31.2 Å². The van der Waals surface area contributed by atoms with Crippen LogP contribution < -0.4 is 21.3 Å². The molecule has 2 fully saturated rings. The van der Waals surface area contributed by atoms with Crippen molar-refractivity contribution in [3.63, 3.8) is 0 Å². The highest BCUT2D eigenvalue weighted by atomic mass is 35.5. The van der Waals surface area contributed by atoms with E-state index in [2.05, 4.69) is 21.3 Å². The molecule has 41 heavy (non-hydrogen) atoms. The number of urea groups is 1. The monoisotopic (exact) mass is 582 g/mol. The fourth-order valence-corrected chi connectivity index (χ4v) is 6.12. The van der Waals surface area contributed by atoms with Crippen LogP contribution in [-0.4, -0.2) is 54.6 Å². The van der Waals surface area contributed by atoms with Crippen molar-refractivity contribution in [1.82, 2.24) is 21.3 Å². The normalized spacial score (nSPS) is 21.8. The summed E-state index contributed by atoms with van der Waals surface area (Å²) in [5, 5.41) is 11.6. The number of hydrogen-bond acceptors (Lipinski definition) is 5. The Kier molecular flexibility index (Phi) is 10.7. The Balaban J connectivity index is 1.04. The molecule has 2 aliphatic carbocycles. The van der Waals surface area contributed by atoms with Crippen molar-refractivity contribution in [2.75, 3.05) is 13.1 Å². The molecule has 0 radical (unpaired) electrons. The summed E-state index contributed by atoms with van der Waals surface area (Å²) < 4.78 is 0. The molecule has 1 saturated carbocycles. The van der Waals surface area contributed by atoms with Gasteiger partial charge in [-0.25, -0.2) is 4.79 Å². The molecule has 1 aromatic carbocycles. The molecule has 1 saturated heterocycles. The molecule has 4 rings (SSSR count). The third kappa shape index (κ3) is 7.85. The molecule has 0 spiro atoms. The van der Waals surface area contributed by atoms with Gasteiger partial charge in [-0.05, 0) is 57.4 Å². The Labute approximate surface area is 245 Å². The lowest BCUT2D eigenvalue weighted by atomic mass is 9.88. The second-order valence-electron chi connectivity index (χ2n) is 11.1. The molecular weight excluding hydrogens is 544 g/mol. The maximum atomic E-state index is 12.8. The third-order valence-electron chi connectivity index (χ3n) is 8.16. The van der Waals surface area contributed by atoms with Gasteiger partial charge in [-0.3, -0.25) is 19.2 Å². The maximum absolute atomic E-state index is 12.8. The van der Waals surface area contributed by atoms with Crippen LogP contribution in [0.2, 0.25) is 0 Å². The van der Waals surface area contributed by atoms with Gasteiger partial charge in [0, 0.05) is 41.8 Å². The number of Topliss-reactive ketones (excluding diaryl/α,β-unsaturated/α-hetero) is 2. The lowest BCUT2D eigenvalue weighted by molar-refractivity contribution is -0.121. The molecule has 4 amide bonds. The molecule has 1 aliphatic heterocycles. The minimum absolute atomic E-state index is 0.0358. The van der Waals surface area contributed by atoms with E-state index in [1.165, 1.54) is 6.08 Å². The van der Waals surface area contributed by atoms with Gasteiger partial charge in [-0.2, -0.15) is 0 Å². The van der Waals surface area contributed by atoms with Crippen LogP contribution in [0.25, 0.3) is 0 Å². The van der Waals surface area contributed by atoms with Crippen LogP contribution in [-0.2, 0) is 9.59 Å². The van der Waals surface area contributed by atoms with Crippen LogP contribution in [0, 0.1) is 5.92 Å². The fourth-order valence-electron chi connectivity index (χ4n) is 5.88. The van der Waals surface area contributed by atoms with Gasteiger partial charge in [-0.1, -0.05) is 55.1 Å². The lowest BCUT2D eigenvalue weighted by Gasteiger charge is -2.17. The van der Waals surface area contributed by atoms with Crippen LogP contribution in [0.3, 0.4) is 0 Å². The summed E-state index contributed by atoms with van der Waals surface area (Å²) >= 11 is 6.18. The highest BCUT2D eigenvalue weighted by Crippen LogP contribution is 2.33. The molecule has 3 aliphatic rings. The summed E-state index contributed by atoms with van der Waals surface area (Å²) in [5.74, 6) is -0.520. The zero-order valence-corrected chi connectivity index (χ0v) is 24.3. The average molecular weight is 583 g/mol. The number of halogens is 1. The summed E-state index contributed by atoms with van der Waals surface area (Å²) in [6.07, 6.45) is 10.5. The number of allylic oxidation sites excluding steroid dienone is 3. The first kappa shape index (κ1) is 30.5. The number of carbonyl (C=O) groups excluding carboxylic acids is 5. The third-order valence-corrected chi connectivity index (χ3v) is 8.54. The zero-order valence-electron chi connectivity index (χ0n) is 23.5. The average Bonchev–Trinajstić information content (AvgIpc) is 3.52. The van der Waals surface area contributed by atoms with E-state index in [0.29, 0.717) is 31.0 Å². The van der Waals surface area contributed by atoms with Gasteiger partial charge in [0.2, 0.25) is 17.6 Å². The van der Waals surface area contributed by atoms with E-state index in [-0.39, 0.29) is 57.4 Å². The summed E-state index contributed by atoms with van der Waals surface area (Å²) in [6.45, 7) is 2.72. The van der Waals surface area contributed by atoms with Crippen LogP contribution in [0.1, 0.15) is 91.8 Å². The quantitative estimate of drug-likeness (QED) is 0.191. The van der Waals surface area contributed by atoms with Crippen molar-refractivity contribution in [3.05, 3.63) is 57.6 Å². The Hall–Kier alpha value is -3.46. The van der Waals surface area contributed by atoms with Gasteiger partial charge in [0.15, 0.2) is 5.78 Å². The molecule has 4 N–H and O–H groups in total. The van der Waals surface area contributed by atoms with Crippen LogP contribution in [0.4, 0.5) is 4.79 Å². The number of ketones is 2. The predicted molar refractivity (Wildman–Crippen MR) is 157 cm³/mol. The highest BCUT2D eigenvalue weighted by Gasteiger charge is 2.41. The zero-order chi connectivity index (χ0) is 29.4. The largest absolute Gasteiger partial charge is 0.356 e. The van der Waals surface area contributed by atoms with E-state index in [0.717, 1.165) is 57.8 Å². The van der Waals surface area contributed by atoms with Crippen molar-refractivity contribution in [1.29, 1.82) is 0 Å².